The van der Waals surface area contributed by atoms with E-state index in [1.807, 2.05) is 31.2 Å². The van der Waals surface area contributed by atoms with Gasteiger partial charge in [-0.1, -0.05) is 11.6 Å². The Bertz CT molecular complexity index is 708. The summed E-state index contributed by atoms with van der Waals surface area (Å²) < 4.78 is 23.7. The van der Waals surface area contributed by atoms with Crippen molar-refractivity contribution in [2.24, 2.45) is 5.73 Å². The molecule has 2 aromatic rings. The lowest BCUT2D eigenvalue weighted by atomic mass is 10.2. The van der Waals surface area contributed by atoms with Crippen LogP contribution in [0.25, 0.3) is 0 Å². The van der Waals surface area contributed by atoms with Crippen LogP contribution < -0.4 is 5.73 Å². The largest absolute Gasteiger partial charge is 0.327 e. The highest BCUT2D eigenvalue weighted by Crippen LogP contribution is 2.41. The highest BCUT2D eigenvalue weighted by Gasteiger charge is 2.20. The van der Waals surface area contributed by atoms with Gasteiger partial charge in [-0.3, -0.25) is 0 Å². The van der Waals surface area contributed by atoms with Gasteiger partial charge in [-0.25, -0.2) is 8.42 Å². The summed E-state index contributed by atoms with van der Waals surface area (Å²) in [4.78, 5) is 2.42. The van der Waals surface area contributed by atoms with Gasteiger partial charge in [0.15, 0.2) is 9.84 Å². The van der Waals surface area contributed by atoms with Crippen molar-refractivity contribution in [3.05, 3.63) is 45.6 Å². The fourth-order valence-electron chi connectivity index (χ4n) is 1.82. The molecule has 1 aromatic heterocycles. The molecule has 21 heavy (non-hydrogen) atoms. The first-order valence-corrected chi connectivity index (χ1v) is 10.2. The van der Waals surface area contributed by atoms with Gasteiger partial charge in [0.05, 0.1) is 14.5 Å². The lowest BCUT2D eigenvalue weighted by molar-refractivity contribution is 0.602. The van der Waals surface area contributed by atoms with Gasteiger partial charge >= 0.3 is 0 Å². The number of hydrogen-bond donors (Lipinski definition) is 1. The summed E-state index contributed by atoms with van der Waals surface area (Å²) >= 11 is 9.12. The Morgan fingerprint density at radius 1 is 1.19 bits per heavy atom. The Hall–Kier alpha value is -0.530. The van der Waals surface area contributed by atoms with Crippen molar-refractivity contribution in [2.75, 3.05) is 6.26 Å². The number of hydrogen-bond acceptors (Lipinski definition) is 5. The van der Waals surface area contributed by atoms with Crippen LogP contribution in [-0.4, -0.2) is 20.7 Å². The molecule has 3 nitrogen and oxygen atoms in total. The molecule has 0 saturated heterocycles. The number of nitrogens with two attached hydrogens (primary N) is 1. The molecule has 0 aliphatic carbocycles. The lowest BCUT2D eigenvalue weighted by Crippen LogP contribution is -2.21. The zero-order chi connectivity index (χ0) is 15.6. The van der Waals surface area contributed by atoms with Crippen molar-refractivity contribution in [2.45, 2.75) is 28.0 Å². The summed E-state index contributed by atoms with van der Waals surface area (Å²) in [6.07, 6.45) is 1.20. The molecule has 0 aliphatic heterocycles. The standard InChI is InChI=1S/C14H16ClNO2S3/c1-9(16)14(12-7-8-13(15)20-12)19-10-3-5-11(6-4-10)21(2,17)18/h3-9,14H,16H2,1-2H3. The summed E-state index contributed by atoms with van der Waals surface area (Å²) in [5.74, 6) is 0. The second-order valence-electron chi connectivity index (χ2n) is 4.78. The Morgan fingerprint density at radius 2 is 1.81 bits per heavy atom. The number of sulfone groups is 1. The zero-order valence-electron chi connectivity index (χ0n) is 11.6. The molecule has 2 atom stereocenters. The summed E-state index contributed by atoms with van der Waals surface area (Å²) in [5, 5.41) is 0.0894. The number of halogens is 1. The van der Waals surface area contributed by atoms with E-state index in [4.69, 9.17) is 17.3 Å². The molecule has 0 amide bonds. The van der Waals surface area contributed by atoms with Crippen LogP contribution in [0, 0.1) is 0 Å². The molecular weight excluding hydrogens is 346 g/mol. The topological polar surface area (TPSA) is 60.2 Å². The summed E-state index contributed by atoms with van der Waals surface area (Å²) in [7, 11) is -3.16. The minimum atomic E-state index is -3.16. The molecule has 0 radical (unpaired) electrons. The van der Waals surface area contributed by atoms with E-state index >= 15 is 0 Å². The Labute approximate surface area is 138 Å². The summed E-state index contributed by atoms with van der Waals surface area (Å²) in [6, 6.07) is 10.7. The van der Waals surface area contributed by atoms with Crippen LogP contribution in [0.1, 0.15) is 17.1 Å². The van der Waals surface area contributed by atoms with Crippen LogP contribution in [0.5, 0.6) is 0 Å². The van der Waals surface area contributed by atoms with Gasteiger partial charge in [0.1, 0.15) is 0 Å². The van der Waals surface area contributed by atoms with Gasteiger partial charge in [-0.2, -0.15) is 0 Å². The molecule has 1 aromatic carbocycles. The molecule has 114 valence electrons. The fraction of sp³-hybridized carbons (Fsp3) is 0.286. The molecule has 2 rings (SSSR count). The predicted molar refractivity (Wildman–Crippen MR) is 91.1 cm³/mol. The van der Waals surface area contributed by atoms with E-state index in [0.29, 0.717) is 4.90 Å². The van der Waals surface area contributed by atoms with Crippen molar-refractivity contribution in [1.29, 1.82) is 0 Å². The molecule has 0 fully saturated rings. The lowest BCUT2D eigenvalue weighted by Gasteiger charge is -2.19. The van der Waals surface area contributed by atoms with E-state index < -0.39 is 9.84 Å². The number of thioether (sulfide) groups is 1. The Kier molecular flexibility index (Phi) is 5.38. The first-order valence-electron chi connectivity index (χ1n) is 6.25. The zero-order valence-corrected chi connectivity index (χ0v) is 14.8. The van der Waals surface area contributed by atoms with E-state index in [-0.39, 0.29) is 11.3 Å². The van der Waals surface area contributed by atoms with Crippen LogP contribution in [0.4, 0.5) is 0 Å². The number of rotatable bonds is 5. The van der Waals surface area contributed by atoms with E-state index in [0.717, 1.165) is 14.1 Å². The quantitative estimate of drug-likeness (QED) is 0.818. The first kappa shape index (κ1) is 16.8. The third kappa shape index (κ3) is 4.47. The van der Waals surface area contributed by atoms with Gasteiger partial charge < -0.3 is 5.73 Å². The second-order valence-corrected chi connectivity index (χ2v) is 9.76. The monoisotopic (exact) mass is 361 g/mol. The predicted octanol–water partition coefficient (Wildman–Crippen LogP) is 3.99. The Morgan fingerprint density at radius 3 is 2.24 bits per heavy atom. The van der Waals surface area contributed by atoms with E-state index in [9.17, 15) is 8.42 Å². The maximum atomic E-state index is 11.5. The normalized spacial score (nSPS) is 14.9. The molecule has 2 N–H and O–H groups in total. The van der Waals surface area contributed by atoms with Crippen LogP contribution in [-0.2, 0) is 9.84 Å². The highest BCUT2D eigenvalue weighted by molar-refractivity contribution is 7.99. The molecule has 2 unspecified atom stereocenters. The minimum Gasteiger partial charge on any atom is -0.327 e. The van der Waals surface area contributed by atoms with Crippen molar-refractivity contribution < 1.29 is 8.42 Å². The van der Waals surface area contributed by atoms with Gasteiger partial charge in [0, 0.05) is 22.1 Å². The van der Waals surface area contributed by atoms with E-state index in [1.165, 1.54) is 17.6 Å². The van der Waals surface area contributed by atoms with Gasteiger partial charge in [0.25, 0.3) is 0 Å². The van der Waals surface area contributed by atoms with Crippen molar-refractivity contribution in [1.82, 2.24) is 0 Å². The summed E-state index contributed by atoms with van der Waals surface area (Å²) in [5.41, 5.74) is 6.07. The molecule has 0 saturated carbocycles. The molecule has 0 bridgehead atoms. The van der Waals surface area contributed by atoms with Crippen LogP contribution >= 0.6 is 34.7 Å². The second kappa shape index (κ2) is 6.71. The maximum absolute atomic E-state index is 11.5. The maximum Gasteiger partial charge on any atom is 0.175 e. The van der Waals surface area contributed by atoms with Crippen LogP contribution in [0.15, 0.2) is 46.2 Å². The summed E-state index contributed by atoms with van der Waals surface area (Å²) in [6.45, 7) is 1.95. The molecule has 7 heteroatoms. The van der Waals surface area contributed by atoms with Gasteiger partial charge in [0.2, 0.25) is 0 Å². The van der Waals surface area contributed by atoms with Crippen molar-refractivity contribution >= 4 is 44.5 Å². The van der Waals surface area contributed by atoms with E-state index in [2.05, 4.69) is 0 Å². The highest BCUT2D eigenvalue weighted by atomic mass is 35.5. The minimum absolute atomic E-state index is 0.0423. The molecule has 0 spiro atoms. The van der Waals surface area contributed by atoms with Crippen molar-refractivity contribution in [3.63, 3.8) is 0 Å². The SMILES string of the molecule is CC(N)C(Sc1ccc(S(C)(=O)=O)cc1)c1ccc(Cl)s1. The van der Waals surface area contributed by atoms with Crippen molar-refractivity contribution in [3.8, 4) is 0 Å². The third-order valence-electron chi connectivity index (χ3n) is 2.87. The average Bonchev–Trinajstić information content (AvgIpc) is 2.81. The third-order valence-corrected chi connectivity index (χ3v) is 6.94. The molecular formula is C14H16ClNO2S3. The molecule has 1 heterocycles. The smallest absolute Gasteiger partial charge is 0.175 e. The Balaban J connectivity index is 2.22. The number of thiophene rings is 1. The fourth-order valence-corrected chi connectivity index (χ4v) is 4.89. The first-order chi connectivity index (χ1) is 9.77. The van der Waals surface area contributed by atoms with Crippen LogP contribution in [0.3, 0.4) is 0 Å². The van der Waals surface area contributed by atoms with Gasteiger partial charge in [-0.15, -0.1) is 23.1 Å². The average molecular weight is 362 g/mol. The molecule has 0 aliphatic rings. The van der Waals surface area contributed by atoms with Crippen LogP contribution in [0.2, 0.25) is 4.34 Å². The number of benzene rings is 1. The van der Waals surface area contributed by atoms with E-state index in [1.54, 1.807) is 23.9 Å². The van der Waals surface area contributed by atoms with Gasteiger partial charge in [-0.05, 0) is 43.3 Å².